The van der Waals surface area contributed by atoms with Crippen LogP contribution in [0.5, 0.6) is 0 Å². The zero-order valence-electron chi connectivity index (χ0n) is 11.7. The first kappa shape index (κ1) is 14.7. The van der Waals surface area contributed by atoms with Gasteiger partial charge in [0.05, 0.1) is 6.61 Å². The Morgan fingerprint density at radius 3 is 2.56 bits per heavy atom. The Morgan fingerprint density at radius 2 is 1.89 bits per heavy atom. The van der Waals surface area contributed by atoms with E-state index in [0.29, 0.717) is 6.61 Å². The molecule has 1 aromatic rings. The van der Waals surface area contributed by atoms with Crippen molar-refractivity contribution in [3.63, 3.8) is 0 Å². The lowest BCUT2D eigenvalue weighted by Crippen LogP contribution is -2.06. The smallest absolute Gasteiger partial charge is 0.0716 e. The molecule has 0 atom stereocenters. The van der Waals surface area contributed by atoms with Crippen LogP contribution in [0.1, 0.15) is 31.7 Å². The number of hydrogen-bond donors (Lipinski definition) is 0. The Labute approximate surface area is 110 Å². The number of hydrazone groups is 1. The van der Waals surface area contributed by atoms with Crippen LogP contribution in [0.25, 0.3) is 0 Å². The average molecular weight is 248 g/mol. The Hall–Kier alpha value is -1.35. The van der Waals surface area contributed by atoms with Crippen LogP contribution in [0, 0.1) is 0 Å². The van der Waals surface area contributed by atoms with Gasteiger partial charge in [0.25, 0.3) is 0 Å². The molecule has 0 aliphatic carbocycles. The zero-order chi connectivity index (χ0) is 13.2. The van der Waals surface area contributed by atoms with E-state index in [1.807, 2.05) is 37.3 Å². The van der Waals surface area contributed by atoms with Gasteiger partial charge < -0.3 is 9.75 Å². The molecule has 0 fully saturated rings. The van der Waals surface area contributed by atoms with Crippen molar-refractivity contribution in [2.24, 2.45) is 5.10 Å². The van der Waals surface area contributed by atoms with Gasteiger partial charge in [-0.05, 0) is 31.7 Å². The molecular weight excluding hydrogens is 224 g/mol. The molecule has 0 bridgehead atoms. The minimum Gasteiger partial charge on any atom is -0.377 e. The first-order chi connectivity index (χ1) is 8.68. The molecule has 0 radical (unpaired) electrons. The zero-order valence-corrected chi connectivity index (χ0v) is 11.7. The van der Waals surface area contributed by atoms with Crippen molar-refractivity contribution in [3.05, 3.63) is 35.9 Å². The molecule has 0 spiro atoms. The maximum absolute atomic E-state index is 5.63. The molecule has 3 heteroatoms. The van der Waals surface area contributed by atoms with Gasteiger partial charge in [0.2, 0.25) is 0 Å². The number of rotatable bonds is 8. The summed E-state index contributed by atoms with van der Waals surface area (Å²) in [5.74, 6) is 0. The highest BCUT2D eigenvalue weighted by atomic mass is 16.5. The van der Waals surface area contributed by atoms with Gasteiger partial charge in [0.15, 0.2) is 0 Å². The Bertz CT molecular complexity index is 347. The fourth-order valence-corrected chi connectivity index (χ4v) is 1.74. The summed E-state index contributed by atoms with van der Waals surface area (Å²) in [5.41, 5.74) is 2.42. The highest BCUT2D eigenvalue weighted by Gasteiger charge is 1.95. The van der Waals surface area contributed by atoms with Gasteiger partial charge in [-0.25, -0.2) is 0 Å². The SMILES string of the molecule is C/C(CCCCOCc1ccccc1)=N\N(C)C. The van der Waals surface area contributed by atoms with Gasteiger partial charge in [0, 0.05) is 26.4 Å². The van der Waals surface area contributed by atoms with Crippen LogP contribution in [0.15, 0.2) is 35.4 Å². The first-order valence-electron chi connectivity index (χ1n) is 6.51. The van der Waals surface area contributed by atoms with Crippen molar-refractivity contribution < 1.29 is 4.74 Å². The summed E-state index contributed by atoms with van der Waals surface area (Å²) in [5, 5.41) is 6.20. The summed E-state index contributed by atoms with van der Waals surface area (Å²) in [6.07, 6.45) is 3.28. The molecule has 0 saturated heterocycles. The van der Waals surface area contributed by atoms with Crippen molar-refractivity contribution >= 4 is 5.71 Å². The number of unbranched alkanes of at least 4 members (excludes halogenated alkanes) is 1. The van der Waals surface area contributed by atoms with Crippen molar-refractivity contribution in [2.45, 2.75) is 32.8 Å². The average Bonchev–Trinajstić information content (AvgIpc) is 2.34. The van der Waals surface area contributed by atoms with E-state index in [0.717, 1.165) is 25.9 Å². The van der Waals surface area contributed by atoms with E-state index < -0.39 is 0 Å². The standard InChI is InChI=1S/C15H24N2O/c1-14(16-17(2)3)9-7-8-12-18-13-15-10-5-4-6-11-15/h4-6,10-11H,7-9,12-13H2,1-3H3/b16-14+. The maximum atomic E-state index is 5.63. The molecular formula is C15H24N2O. The fourth-order valence-electron chi connectivity index (χ4n) is 1.74. The van der Waals surface area contributed by atoms with E-state index in [1.54, 1.807) is 0 Å². The second kappa shape index (κ2) is 8.70. The monoisotopic (exact) mass is 248 g/mol. The molecule has 0 N–H and O–H groups in total. The molecule has 0 aliphatic rings. The summed E-state index contributed by atoms with van der Waals surface area (Å²) in [6.45, 7) is 3.61. The van der Waals surface area contributed by atoms with E-state index in [1.165, 1.54) is 11.3 Å². The van der Waals surface area contributed by atoms with Crippen LogP contribution < -0.4 is 0 Å². The number of nitrogens with zero attached hydrogens (tertiary/aromatic N) is 2. The van der Waals surface area contributed by atoms with E-state index in [4.69, 9.17) is 4.74 Å². The Morgan fingerprint density at radius 1 is 1.17 bits per heavy atom. The minimum atomic E-state index is 0.714. The summed E-state index contributed by atoms with van der Waals surface area (Å²) >= 11 is 0. The summed E-state index contributed by atoms with van der Waals surface area (Å²) in [7, 11) is 3.90. The molecule has 0 aliphatic heterocycles. The summed E-state index contributed by atoms with van der Waals surface area (Å²) < 4.78 is 5.63. The normalized spacial score (nSPS) is 11.6. The number of hydrogen-bond acceptors (Lipinski definition) is 3. The van der Waals surface area contributed by atoms with Gasteiger partial charge in [0.1, 0.15) is 0 Å². The molecule has 18 heavy (non-hydrogen) atoms. The lowest BCUT2D eigenvalue weighted by Gasteiger charge is -2.07. The molecule has 0 unspecified atom stereocenters. The predicted molar refractivity (Wildman–Crippen MR) is 76.7 cm³/mol. The third-order valence-electron chi connectivity index (χ3n) is 2.56. The van der Waals surface area contributed by atoms with Gasteiger partial charge in [-0.2, -0.15) is 5.10 Å². The van der Waals surface area contributed by atoms with Crippen LogP contribution in [0.2, 0.25) is 0 Å². The second-order valence-corrected chi connectivity index (χ2v) is 4.68. The number of ether oxygens (including phenoxy) is 1. The largest absolute Gasteiger partial charge is 0.377 e. The van der Waals surface area contributed by atoms with E-state index in [-0.39, 0.29) is 0 Å². The van der Waals surface area contributed by atoms with Gasteiger partial charge >= 0.3 is 0 Å². The highest BCUT2D eigenvalue weighted by molar-refractivity contribution is 5.81. The van der Waals surface area contributed by atoms with E-state index in [2.05, 4.69) is 24.2 Å². The topological polar surface area (TPSA) is 24.8 Å². The maximum Gasteiger partial charge on any atom is 0.0716 e. The Kier molecular flexibility index (Phi) is 7.11. The van der Waals surface area contributed by atoms with E-state index in [9.17, 15) is 0 Å². The summed E-state index contributed by atoms with van der Waals surface area (Å²) in [4.78, 5) is 0. The van der Waals surface area contributed by atoms with Crippen LogP contribution in [-0.2, 0) is 11.3 Å². The molecule has 0 saturated carbocycles. The summed E-state index contributed by atoms with van der Waals surface area (Å²) in [6, 6.07) is 10.3. The van der Waals surface area contributed by atoms with Gasteiger partial charge in [-0.1, -0.05) is 30.3 Å². The molecule has 3 nitrogen and oxygen atoms in total. The van der Waals surface area contributed by atoms with Crippen LogP contribution in [0.3, 0.4) is 0 Å². The van der Waals surface area contributed by atoms with Crippen LogP contribution in [-0.4, -0.2) is 31.4 Å². The van der Waals surface area contributed by atoms with Crippen molar-refractivity contribution in [1.82, 2.24) is 5.01 Å². The fraction of sp³-hybridized carbons (Fsp3) is 0.533. The predicted octanol–water partition coefficient (Wildman–Crippen LogP) is 3.31. The van der Waals surface area contributed by atoms with E-state index >= 15 is 0 Å². The highest BCUT2D eigenvalue weighted by Crippen LogP contribution is 2.03. The number of benzene rings is 1. The van der Waals surface area contributed by atoms with Crippen LogP contribution >= 0.6 is 0 Å². The quantitative estimate of drug-likeness (QED) is 0.400. The lowest BCUT2D eigenvalue weighted by atomic mass is 10.2. The molecule has 0 amide bonds. The van der Waals surface area contributed by atoms with Crippen LogP contribution in [0.4, 0.5) is 0 Å². The molecule has 0 aromatic heterocycles. The lowest BCUT2D eigenvalue weighted by molar-refractivity contribution is 0.117. The Balaban J connectivity index is 2.03. The molecule has 100 valence electrons. The third kappa shape index (κ3) is 7.07. The van der Waals surface area contributed by atoms with Gasteiger partial charge in [-0.3, -0.25) is 0 Å². The molecule has 0 heterocycles. The molecule has 1 rings (SSSR count). The first-order valence-corrected chi connectivity index (χ1v) is 6.51. The van der Waals surface area contributed by atoms with Crippen molar-refractivity contribution in [2.75, 3.05) is 20.7 Å². The third-order valence-corrected chi connectivity index (χ3v) is 2.56. The second-order valence-electron chi connectivity index (χ2n) is 4.68. The van der Waals surface area contributed by atoms with Gasteiger partial charge in [-0.15, -0.1) is 0 Å². The van der Waals surface area contributed by atoms with Crippen molar-refractivity contribution in [1.29, 1.82) is 0 Å². The van der Waals surface area contributed by atoms with Crippen molar-refractivity contribution in [3.8, 4) is 0 Å². The minimum absolute atomic E-state index is 0.714. The molecule has 1 aromatic carbocycles.